The SMILES string of the molecule is CN(C)CCN[C@@H]1CNC[C@@H]1Cc1cccc(N)n1. The Hall–Kier alpha value is -1.17. The molecule has 1 saturated heterocycles. The average Bonchev–Trinajstić information content (AvgIpc) is 2.76. The monoisotopic (exact) mass is 263 g/mol. The number of anilines is 1. The molecule has 2 atom stereocenters. The molecule has 1 fully saturated rings. The maximum Gasteiger partial charge on any atom is 0.123 e. The van der Waals surface area contributed by atoms with Crippen LogP contribution in [0.4, 0.5) is 5.82 Å². The molecule has 5 heteroatoms. The van der Waals surface area contributed by atoms with Crippen molar-refractivity contribution in [1.29, 1.82) is 0 Å². The molecule has 0 spiro atoms. The second-order valence-corrected chi connectivity index (χ2v) is 5.54. The number of aromatic nitrogens is 1. The predicted molar refractivity (Wildman–Crippen MR) is 79.1 cm³/mol. The largest absolute Gasteiger partial charge is 0.384 e. The molecular weight excluding hydrogens is 238 g/mol. The van der Waals surface area contributed by atoms with Gasteiger partial charge in [0, 0.05) is 31.4 Å². The molecule has 0 aromatic carbocycles. The van der Waals surface area contributed by atoms with Crippen LogP contribution in [0.25, 0.3) is 0 Å². The van der Waals surface area contributed by atoms with Crippen LogP contribution in [0.15, 0.2) is 18.2 Å². The van der Waals surface area contributed by atoms with Gasteiger partial charge in [-0.3, -0.25) is 0 Å². The van der Waals surface area contributed by atoms with Crippen molar-refractivity contribution in [2.24, 2.45) is 5.92 Å². The quantitative estimate of drug-likeness (QED) is 0.671. The number of nitrogen functional groups attached to an aromatic ring is 1. The van der Waals surface area contributed by atoms with Crippen LogP contribution < -0.4 is 16.4 Å². The van der Waals surface area contributed by atoms with E-state index >= 15 is 0 Å². The number of pyridine rings is 1. The van der Waals surface area contributed by atoms with Crippen molar-refractivity contribution in [2.45, 2.75) is 12.5 Å². The summed E-state index contributed by atoms with van der Waals surface area (Å²) in [6.07, 6.45) is 0.984. The standard InChI is InChI=1S/C14H25N5/c1-19(2)7-6-17-13-10-16-9-11(13)8-12-4-3-5-14(15)18-12/h3-5,11,13,16-17H,6-10H2,1-2H3,(H2,15,18)/t11-,13+/m0/s1. The molecule has 0 saturated carbocycles. The van der Waals surface area contributed by atoms with Crippen molar-refractivity contribution in [2.75, 3.05) is 46.0 Å². The fourth-order valence-corrected chi connectivity index (χ4v) is 2.54. The van der Waals surface area contributed by atoms with E-state index in [1.807, 2.05) is 12.1 Å². The summed E-state index contributed by atoms with van der Waals surface area (Å²) in [6.45, 7) is 4.19. The van der Waals surface area contributed by atoms with Gasteiger partial charge in [0.1, 0.15) is 5.82 Å². The number of hydrogen-bond donors (Lipinski definition) is 3. The first-order chi connectivity index (χ1) is 9.15. The summed E-state index contributed by atoms with van der Waals surface area (Å²) in [5.41, 5.74) is 6.82. The fourth-order valence-electron chi connectivity index (χ4n) is 2.54. The van der Waals surface area contributed by atoms with E-state index in [0.717, 1.165) is 38.3 Å². The molecule has 1 aromatic heterocycles. The van der Waals surface area contributed by atoms with E-state index in [0.29, 0.717) is 17.8 Å². The maximum atomic E-state index is 5.73. The Bertz CT molecular complexity index is 393. The average molecular weight is 263 g/mol. The van der Waals surface area contributed by atoms with Gasteiger partial charge in [0.15, 0.2) is 0 Å². The smallest absolute Gasteiger partial charge is 0.123 e. The van der Waals surface area contributed by atoms with Gasteiger partial charge in [-0.15, -0.1) is 0 Å². The highest BCUT2D eigenvalue weighted by Crippen LogP contribution is 2.15. The molecule has 0 bridgehead atoms. The summed E-state index contributed by atoms with van der Waals surface area (Å²) < 4.78 is 0. The van der Waals surface area contributed by atoms with Gasteiger partial charge in [-0.25, -0.2) is 4.98 Å². The third kappa shape index (κ3) is 4.45. The molecule has 0 amide bonds. The third-order valence-corrected chi connectivity index (χ3v) is 3.60. The van der Waals surface area contributed by atoms with E-state index < -0.39 is 0 Å². The Labute approximate surface area is 115 Å². The van der Waals surface area contributed by atoms with Gasteiger partial charge in [-0.1, -0.05) is 6.07 Å². The Morgan fingerprint density at radius 1 is 1.42 bits per heavy atom. The summed E-state index contributed by atoms with van der Waals surface area (Å²) >= 11 is 0. The van der Waals surface area contributed by atoms with Crippen LogP contribution in [-0.4, -0.2) is 56.2 Å². The fraction of sp³-hybridized carbons (Fsp3) is 0.643. The van der Waals surface area contributed by atoms with E-state index in [1.165, 1.54) is 0 Å². The Morgan fingerprint density at radius 2 is 2.26 bits per heavy atom. The first-order valence-corrected chi connectivity index (χ1v) is 6.95. The van der Waals surface area contributed by atoms with Crippen molar-refractivity contribution < 1.29 is 0 Å². The number of likely N-dealkylation sites (N-methyl/N-ethyl adjacent to an activating group) is 1. The molecule has 0 radical (unpaired) electrons. The Morgan fingerprint density at radius 3 is 3.00 bits per heavy atom. The van der Waals surface area contributed by atoms with E-state index in [4.69, 9.17) is 5.73 Å². The maximum absolute atomic E-state index is 5.73. The number of nitrogens with zero attached hydrogens (tertiary/aromatic N) is 2. The molecule has 1 aliphatic heterocycles. The normalized spacial score (nSPS) is 23.1. The molecule has 106 valence electrons. The summed E-state index contributed by atoms with van der Waals surface area (Å²) in [4.78, 5) is 6.59. The molecule has 0 aliphatic carbocycles. The van der Waals surface area contributed by atoms with Gasteiger partial charge in [-0.2, -0.15) is 0 Å². The van der Waals surface area contributed by atoms with Crippen molar-refractivity contribution in [3.63, 3.8) is 0 Å². The van der Waals surface area contributed by atoms with E-state index in [1.54, 1.807) is 0 Å². The van der Waals surface area contributed by atoms with Gasteiger partial charge in [0.2, 0.25) is 0 Å². The summed E-state index contributed by atoms with van der Waals surface area (Å²) in [6, 6.07) is 6.41. The van der Waals surface area contributed by atoms with E-state index in [2.05, 4.69) is 40.7 Å². The molecular formula is C14H25N5. The lowest BCUT2D eigenvalue weighted by Gasteiger charge is -2.21. The van der Waals surface area contributed by atoms with Crippen LogP contribution in [0.2, 0.25) is 0 Å². The van der Waals surface area contributed by atoms with Crippen LogP contribution >= 0.6 is 0 Å². The second-order valence-electron chi connectivity index (χ2n) is 5.54. The zero-order chi connectivity index (χ0) is 13.7. The highest BCUT2D eigenvalue weighted by molar-refractivity contribution is 5.29. The molecule has 4 N–H and O–H groups in total. The zero-order valence-electron chi connectivity index (χ0n) is 11.9. The molecule has 19 heavy (non-hydrogen) atoms. The number of nitrogens with one attached hydrogen (secondary N) is 2. The second kappa shape index (κ2) is 6.84. The van der Waals surface area contributed by atoms with Gasteiger partial charge in [0.05, 0.1) is 0 Å². The lowest BCUT2D eigenvalue weighted by Crippen LogP contribution is -2.40. The van der Waals surface area contributed by atoms with Crippen molar-refractivity contribution >= 4 is 5.82 Å². The van der Waals surface area contributed by atoms with E-state index in [-0.39, 0.29) is 0 Å². The van der Waals surface area contributed by atoms with Crippen LogP contribution in [-0.2, 0) is 6.42 Å². The van der Waals surface area contributed by atoms with Crippen LogP contribution in [0, 0.1) is 5.92 Å². The number of rotatable bonds is 6. The number of hydrogen-bond acceptors (Lipinski definition) is 5. The summed E-state index contributed by atoms with van der Waals surface area (Å²) in [5, 5.41) is 7.09. The third-order valence-electron chi connectivity index (χ3n) is 3.60. The van der Waals surface area contributed by atoms with Gasteiger partial charge in [-0.05, 0) is 45.1 Å². The van der Waals surface area contributed by atoms with Crippen molar-refractivity contribution in [1.82, 2.24) is 20.5 Å². The van der Waals surface area contributed by atoms with Gasteiger partial charge < -0.3 is 21.3 Å². The molecule has 1 aromatic rings. The lowest BCUT2D eigenvalue weighted by atomic mass is 9.97. The van der Waals surface area contributed by atoms with Gasteiger partial charge in [0.25, 0.3) is 0 Å². The first kappa shape index (κ1) is 14.2. The Kier molecular flexibility index (Phi) is 5.13. The minimum Gasteiger partial charge on any atom is -0.384 e. The minimum absolute atomic E-state index is 0.531. The molecule has 5 nitrogen and oxygen atoms in total. The first-order valence-electron chi connectivity index (χ1n) is 6.95. The van der Waals surface area contributed by atoms with Crippen LogP contribution in [0.1, 0.15) is 5.69 Å². The minimum atomic E-state index is 0.531. The van der Waals surface area contributed by atoms with Crippen molar-refractivity contribution in [3.05, 3.63) is 23.9 Å². The number of nitrogens with two attached hydrogens (primary N) is 1. The van der Waals surface area contributed by atoms with E-state index in [9.17, 15) is 0 Å². The van der Waals surface area contributed by atoms with Gasteiger partial charge >= 0.3 is 0 Å². The van der Waals surface area contributed by atoms with Crippen LogP contribution in [0.3, 0.4) is 0 Å². The molecule has 2 heterocycles. The summed E-state index contributed by atoms with van der Waals surface area (Å²) in [5.74, 6) is 1.21. The Balaban J connectivity index is 1.84. The molecule has 1 aliphatic rings. The highest BCUT2D eigenvalue weighted by atomic mass is 15.1. The lowest BCUT2D eigenvalue weighted by molar-refractivity contribution is 0.361. The highest BCUT2D eigenvalue weighted by Gasteiger charge is 2.26. The summed E-state index contributed by atoms with van der Waals surface area (Å²) in [7, 11) is 4.20. The topological polar surface area (TPSA) is 66.2 Å². The predicted octanol–water partition coefficient (Wildman–Crippen LogP) is -0.0545. The van der Waals surface area contributed by atoms with Crippen molar-refractivity contribution in [3.8, 4) is 0 Å². The molecule has 2 rings (SSSR count). The molecule has 0 unspecified atom stereocenters. The van der Waals surface area contributed by atoms with Crippen LogP contribution in [0.5, 0.6) is 0 Å². The zero-order valence-corrected chi connectivity index (χ0v) is 11.9.